The number of rotatable bonds is 4. The number of hydrogen-bond donors (Lipinski definition) is 2. The second kappa shape index (κ2) is 5.10. The molecule has 0 fully saturated rings. The monoisotopic (exact) mass is 212 g/mol. The van der Waals surface area contributed by atoms with E-state index in [4.69, 9.17) is 16.2 Å². The number of hydrogen-bond acceptors (Lipinski definition) is 2. The third kappa shape index (κ3) is 7.62. The Kier molecular flexibility index (Phi) is 4.81. The second-order valence-corrected chi connectivity index (χ2v) is 3.19. The highest BCUT2D eigenvalue weighted by molar-refractivity contribution is 7.46. The van der Waals surface area contributed by atoms with Crippen LogP contribution in [0.25, 0.3) is 0 Å². The van der Waals surface area contributed by atoms with Crippen LogP contribution in [0, 0.1) is 12.3 Å². The molecule has 0 aromatic carbocycles. The molecule has 0 radical (unpaired) electrons. The maximum atomic E-state index is 11.6. The highest BCUT2D eigenvalue weighted by atomic mass is 31.2. The van der Waals surface area contributed by atoms with Crippen LogP contribution in [0.15, 0.2) is 12.2 Å². The summed E-state index contributed by atoms with van der Waals surface area (Å²) in [6.45, 7) is 0. The maximum absolute atomic E-state index is 11.6. The second-order valence-electron chi connectivity index (χ2n) is 2.00. The molecule has 0 aromatic rings. The third-order valence-electron chi connectivity index (χ3n) is 0.904. The summed E-state index contributed by atoms with van der Waals surface area (Å²) in [7, 11) is -4.78. The van der Waals surface area contributed by atoms with E-state index in [-0.39, 0.29) is 12.5 Å². The smallest absolute Gasteiger partial charge is 0.303 e. The molecule has 4 nitrogen and oxygen atoms in total. The van der Waals surface area contributed by atoms with Crippen molar-refractivity contribution in [3.05, 3.63) is 12.2 Å². The molecule has 0 aliphatic rings. The Morgan fingerprint density at radius 3 is 2.54 bits per heavy atom. The highest BCUT2D eigenvalue weighted by Gasteiger charge is 2.20. The number of terminal acetylenes is 1. The Morgan fingerprint density at radius 1 is 1.69 bits per heavy atom. The summed E-state index contributed by atoms with van der Waals surface area (Å²) in [6.07, 6.45) is 1.12. The summed E-state index contributed by atoms with van der Waals surface area (Å²) < 4.78 is 37.5. The van der Waals surface area contributed by atoms with E-state index in [2.05, 4.69) is 4.52 Å². The van der Waals surface area contributed by atoms with E-state index in [1.807, 2.05) is 5.92 Å². The first kappa shape index (κ1) is 12.3. The fraction of sp³-hybridized carbons (Fsp3) is 0.333. The summed E-state index contributed by atoms with van der Waals surface area (Å²) >= 11 is 0. The van der Waals surface area contributed by atoms with Crippen LogP contribution in [0.3, 0.4) is 0 Å². The molecule has 0 spiro atoms. The van der Waals surface area contributed by atoms with Crippen molar-refractivity contribution in [3.8, 4) is 12.3 Å². The molecular weight excluding hydrogens is 205 g/mol. The fourth-order valence-electron chi connectivity index (χ4n) is 0.560. The molecule has 0 aromatic heterocycles. The maximum Gasteiger partial charge on any atom is 0.470 e. The SMILES string of the molecule is C#CCC(C=C(F)F)OP(=O)(O)O. The van der Waals surface area contributed by atoms with Gasteiger partial charge in [0, 0.05) is 12.5 Å². The number of phosphoric acid groups is 1. The summed E-state index contributed by atoms with van der Waals surface area (Å²) in [5.41, 5.74) is 0. The van der Waals surface area contributed by atoms with Crippen molar-refractivity contribution >= 4 is 7.82 Å². The lowest BCUT2D eigenvalue weighted by molar-refractivity contribution is 0.161. The standard InChI is InChI=1S/C6H7F2O4P/c1-2-3-5(4-6(7)8)12-13(9,10)11/h1,4-5H,3H2,(H2,9,10,11). The van der Waals surface area contributed by atoms with Gasteiger partial charge in [-0.15, -0.1) is 12.3 Å². The first-order valence-corrected chi connectivity index (χ1v) is 4.58. The zero-order valence-corrected chi connectivity index (χ0v) is 7.25. The van der Waals surface area contributed by atoms with Crippen LogP contribution in [0.2, 0.25) is 0 Å². The van der Waals surface area contributed by atoms with Crippen molar-refractivity contribution in [2.75, 3.05) is 0 Å². The van der Waals surface area contributed by atoms with E-state index in [0.717, 1.165) is 0 Å². The molecular formula is C6H7F2O4P. The predicted molar refractivity (Wildman–Crippen MR) is 40.7 cm³/mol. The minimum atomic E-state index is -4.78. The van der Waals surface area contributed by atoms with Crippen LogP contribution in [0.1, 0.15) is 6.42 Å². The van der Waals surface area contributed by atoms with Gasteiger partial charge in [0.15, 0.2) is 0 Å². The zero-order valence-electron chi connectivity index (χ0n) is 6.35. The normalized spacial score (nSPS) is 13.2. The largest absolute Gasteiger partial charge is 0.470 e. The van der Waals surface area contributed by atoms with E-state index in [0.29, 0.717) is 0 Å². The lowest BCUT2D eigenvalue weighted by atomic mass is 10.3. The van der Waals surface area contributed by atoms with Crippen LogP contribution in [0.5, 0.6) is 0 Å². The molecule has 0 amide bonds. The van der Waals surface area contributed by atoms with Crippen LogP contribution in [-0.2, 0) is 9.09 Å². The zero-order chi connectivity index (χ0) is 10.5. The van der Waals surface area contributed by atoms with Crippen LogP contribution >= 0.6 is 7.82 Å². The first-order valence-electron chi connectivity index (χ1n) is 3.05. The first-order chi connectivity index (χ1) is 5.85. The van der Waals surface area contributed by atoms with Gasteiger partial charge in [-0.2, -0.15) is 8.78 Å². The Morgan fingerprint density at radius 2 is 2.23 bits per heavy atom. The summed E-state index contributed by atoms with van der Waals surface area (Å²) in [5, 5.41) is 0. The Balaban J connectivity index is 4.38. The van der Waals surface area contributed by atoms with Crippen molar-refractivity contribution < 1.29 is 27.7 Å². The van der Waals surface area contributed by atoms with Crippen molar-refractivity contribution in [3.63, 3.8) is 0 Å². The highest BCUT2D eigenvalue weighted by Crippen LogP contribution is 2.38. The van der Waals surface area contributed by atoms with Crippen molar-refractivity contribution in [1.82, 2.24) is 0 Å². The minimum absolute atomic E-state index is 0.249. The molecule has 1 unspecified atom stereocenters. The van der Waals surface area contributed by atoms with Gasteiger partial charge in [-0.1, -0.05) is 0 Å². The van der Waals surface area contributed by atoms with Gasteiger partial charge >= 0.3 is 7.82 Å². The van der Waals surface area contributed by atoms with E-state index < -0.39 is 20.0 Å². The molecule has 74 valence electrons. The van der Waals surface area contributed by atoms with Gasteiger partial charge < -0.3 is 9.79 Å². The van der Waals surface area contributed by atoms with E-state index in [9.17, 15) is 13.3 Å². The quantitative estimate of drug-likeness (QED) is 0.543. The average Bonchev–Trinajstić information content (AvgIpc) is 1.81. The summed E-state index contributed by atoms with van der Waals surface area (Å²) in [4.78, 5) is 16.5. The van der Waals surface area contributed by atoms with Gasteiger partial charge in [-0.3, -0.25) is 4.52 Å². The molecule has 0 heterocycles. The third-order valence-corrected chi connectivity index (χ3v) is 1.45. The van der Waals surface area contributed by atoms with Gasteiger partial charge in [0.05, 0.1) is 0 Å². The van der Waals surface area contributed by atoms with Gasteiger partial charge in [0.2, 0.25) is 0 Å². The molecule has 2 N–H and O–H groups in total. The van der Waals surface area contributed by atoms with Crippen molar-refractivity contribution in [2.24, 2.45) is 0 Å². The molecule has 0 aliphatic heterocycles. The molecule has 0 bridgehead atoms. The lowest BCUT2D eigenvalue weighted by Crippen LogP contribution is -2.07. The van der Waals surface area contributed by atoms with Crippen molar-refractivity contribution in [2.45, 2.75) is 12.5 Å². The Labute approximate surface area is 73.5 Å². The minimum Gasteiger partial charge on any atom is -0.303 e. The van der Waals surface area contributed by atoms with Crippen LogP contribution in [-0.4, -0.2) is 15.9 Å². The molecule has 0 saturated carbocycles. The van der Waals surface area contributed by atoms with Gasteiger partial charge in [0.1, 0.15) is 6.10 Å². The Bertz CT molecular complexity index is 273. The summed E-state index contributed by atoms with van der Waals surface area (Å²) in [5.74, 6) is 1.95. The van der Waals surface area contributed by atoms with E-state index in [1.165, 1.54) is 0 Å². The van der Waals surface area contributed by atoms with E-state index >= 15 is 0 Å². The Hall–Kier alpha value is -0.730. The molecule has 13 heavy (non-hydrogen) atoms. The van der Waals surface area contributed by atoms with Crippen LogP contribution in [0.4, 0.5) is 8.78 Å². The number of phosphoric ester groups is 1. The van der Waals surface area contributed by atoms with Gasteiger partial charge in [0.25, 0.3) is 6.08 Å². The molecule has 1 atom stereocenters. The van der Waals surface area contributed by atoms with Crippen molar-refractivity contribution in [1.29, 1.82) is 0 Å². The fourth-order valence-corrected chi connectivity index (χ4v) is 1.05. The molecule has 7 heteroatoms. The van der Waals surface area contributed by atoms with Gasteiger partial charge in [-0.25, -0.2) is 4.57 Å². The van der Waals surface area contributed by atoms with E-state index in [1.54, 1.807) is 0 Å². The lowest BCUT2D eigenvalue weighted by Gasteiger charge is -2.10. The molecule has 0 aliphatic carbocycles. The predicted octanol–water partition coefficient (Wildman–Crippen LogP) is 1.27. The summed E-state index contributed by atoms with van der Waals surface area (Å²) in [6, 6.07) is 0. The van der Waals surface area contributed by atoms with Crippen LogP contribution < -0.4 is 0 Å². The molecule has 0 rings (SSSR count). The topological polar surface area (TPSA) is 66.8 Å². The molecule has 0 saturated heterocycles. The average molecular weight is 212 g/mol. The number of halogens is 2. The van der Waals surface area contributed by atoms with Gasteiger partial charge in [-0.05, 0) is 0 Å².